The molecule has 102 valence electrons. The molecule has 0 saturated carbocycles. The van der Waals surface area contributed by atoms with Crippen LogP contribution in [0.4, 0.5) is 5.69 Å². The van der Waals surface area contributed by atoms with Crippen molar-refractivity contribution in [2.24, 2.45) is 0 Å². The number of nitrogens with one attached hydrogen (secondary N) is 1. The van der Waals surface area contributed by atoms with Crippen molar-refractivity contribution in [1.29, 1.82) is 0 Å². The third-order valence-corrected chi connectivity index (χ3v) is 3.39. The van der Waals surface area contributed by atoms with Gasteiger partial charge >= 0.3 is 0 Å². The van der Waals surface area contributed by atoms with Crippen LogP contribution in [-0.2, 0) is 0 Å². The van der Waals surface area contributed by atoms with Gasteiger partial charge in [-0.25, -0.2) is 0 Å². The van der Waals surface area contributed by atoms with Crippen LogP contribution in [0, 0.1) is 0 Å². The molecule has 2 rings (SSSR count). The van der Waals surface area contributed by atoms with Crippen LogP contribution in [0.1, 0.15) is 13.3 Å². The predicted molar refractivity (Wildman–Crippen MR) is 83.5 cm³/mol. The largest absolute Gasteiger partial charge is 0.381 e. The van der Waals surface area contributed by atoms with Crippen LogP contribution in [0.2, 0.25) is 0 Å². The van der Waals surface area contributed by atoms with Gasteiger partial charge in [-0.1, -0.05) is 0 Å². The Morgan fingerprint density at radius 1 is 1.37 bits per heavy atom. The van der Waals surface area contributed by atoms with Gasteiger partial charge in [0.1, 0.15) is 5.52 Å². The molecule has 19 heavy (non-hydrogen) atoms. The number of hydrogen-bond donors (Lipinski definition) is 1. The highest BCUT2D eigenvalue weighted by Gasteiger charge is 2.07. The minimum atomic E-state index is 0.401. The van der Waals surface area contributed by atoms with Gasteiger partial charge in [-0.3, -0.25) is 9.97 Å². The molecule has 4 nitrogen and oxygen atoms in total. The summed E-state index contributed by atoms with van der Waals surface area (Å²) in [5, 5.41) is 3.52. The first-order chi connectivity index (χ1) is 9.06. The fourth-order valence-corrected chi connectivity index (χ4v) is 2.23. The molecule has 5 heteroatoms. The highest BCUT2D eigenvalue weighted by molar-refractivity contribution is 9.10. The number of pyridine rings is 2. The fourth-order valence-electron chi connectivity index (χ4n) is 1.91. The van der Waals surface area contributed by atoms with Crippen molar-refractivity contribution in [3.8, 4) is 0 Å². The van der Waals surface area contributed by atoms with Crippen LogP contribution < -0.4 is 5.32 Å². The van der Waals surface area contributed by atoms with E-state index >= 15 is 0 Å². The maximum absolute atomic E-state index is 4.45. The molecule has 0 aliphatic rings. The highest BCUT2D eigenvalue weighted by Crippen LogP contribution is 2.22. The zero-order chi connectivity index (χ0) is 13.8. The molecule has 2 aromatic rings. The summed E-state index contributed by atoms with van der Waals surface area (Å²) in [6.45, 7) is 3.25. The Bertz CT molecular complexity index is 556. The number of nitrogens with zero attached hydrogens (tertiary/aromatic N) is 3. The van der Waals surface area contributed by atoms with Crippen LogP contribution in [0.5, 0.6) is 0 Å². The van der Waals surface area contributed by atoms with E-state index < -0.39 is 0 Å². The molecule has 0 amide bonds. The normalized spacial score (nSPS) is 12.9. The summed E-state index contributed by atoms with van der Waals surface area (Å²) in [5.41, 5.74) is 2.87. The van der Waals surface area contributed by atoms with Gasteiger partial charge in [-0.15, -0.1) is 0 Å². The van der Waals surface area contributed by atoms with Crippen molar-refractivity contribution in [3.05, 3.63) is 29.0 Å². The lowest BCUT2D eigenvalue weighted by Gasteiger charge is -2.18. The van der Waals surface area contributed by atoms with Crippen molar-refractivity contribution >= 4 is 32.7 Å². The molecule has 0 aromatic carbocycles. The quantitative estimate of drug-likeness (QED) is 0.918. The molecule has 0 saturated heterocycles. The minimum Gasteiger partial charge on any atom is -0.381 e. The average Bonchev–Trinajstić information content (AvgIpc) is 2.36. The van der Waals surface area contributed by atoms with Crippen LogP contribution >= 0.6 is 15.9 Å². The molecular formula is C14H19BrN4. The van der Waals surface area contributed by atoms with E-state index in [1.54, 1.807) is 6.20 Å². The topological polar surface area (TPSA) is 41.0 Å². The van der Waals surface area contributed by atoms with E-state index in [1.807, 2.05) is 18.3 Å². The molecule has 0 aliphatic carbocycles. The number of halogens is 1. The molecule has 2 heterocycles. The van der Waals surface area contributed by atoms with E-state index in [0.29, 0.717) is 6.04 Å². The smallest absolute Gasteiger partial charge is 0.112 e. The first-order valence-corrected chi connectivity index (χ1v) is 7.17. The van der Waals surface area contributed by atoms with Gasteiger partial charge in [-0.2, -0.15) is 0 Å². The lowest BCUT2D eigenvalue weighted by atomic mass is 10.2. The molecule has 0 fully saturated rings. The first kappa shape index (κ1) is 14.2. The molecular weight excluding hydrogens is 304 g/mol. The first-order valence-electron chi connectivity index (χ1n) is 6.38. The monoisotopic (exact) mass is 322 g/mol. The Hall–Kier alpha value is -1.20. The standard InChI is InChI=1S/C14H19BrN4/c1-10(5-7-19(2)3)18-12-4-6-16-13-8-11(15)9-17-14(12)13/h4,6,8-10H,5,7H2,1-3H3,(H,16,18). The van der Waals surface area contributed by atoms with Gasteiger partial charge in [0.05, 0.1) is 11.2 Å². The second-order valence-corrected chi connectivity index (χ2v) is 5.93. The lowest BCUT2D eigenvalue weighted by Crippen LogP contribution is -2.23. The number of rotatable bonds is 5. The van der Waals surface area contributed by atoms with Crippen LogP contribution in [0.3, 0.4) is 0 Å². The molecule has 0 spiro atoms. The zero-order valence-electron chi connectivity index (χ0n) is 11.5. The third kappa shape index (κ3) is 3.88. The van der Waals surface area contributed by atoms with Crippen LogP contribution in [0.25, 0.3) is 11.0 Å². The van der Waals surface area contributed by atoms with Gasteiger partial charge in [-0.05, 0) is 62.0 Å². The van der Waals surface area contributed by atoms with E-state index in [2.05, 4.69) is 57.1 Å². The van der Waals surface area contributed by atoms with Gasteiger partial charge in [0.25, 0.3) is 0 Å². The average molecular weight is 323 g/mol. The molecule has 0 radical (unpaired) electrons. The SMILES string of the molecule is CC(CCN(C)C)Nc1ccnc2cc(Br)cnc12. The molecule has 0 aliphatic heterocycles. The lowest BCUT2D eigenvalue weighted by molar-refractivity contribution is 0.390. The van der Waals surface area contributed by atoms with Gasteiger partial charge in [0.15, 0.2) is 0 Å². The number of anilines is 1. The maximum Gasteiger partial charge on any atom is 0.112 e. The fraction of sp³-hybridized carbons (Fsp3) is 0.429. The second kappa shape index (κ2) is 6.30. The van der Waals surface area contributed by atoms with E-state index in [-0.39, 0.29) is 0 Å². The van der Waals surface area contributed by atoms with Gasteiger partial charge in [0, 0.05) is 22.9 Å². The van der Waals surface area contributed by atoms with Crippen molar-refractivity contribution < 1.29 is 0 Å². The summed E-state index contributed by atoms with van der Waals surface area (Å²) in [6.07, 6.45) is 4.71. The summed E-state index contributed by atoms with van der Waals surface area (Å²) in [4.78, 5) is 11.0. The maximum atomic E-state index is 4.45. The van der Waals surface area contributed by atoms with Gasteiger partial charge < -0.3 is 10.2 Å². The van der Waals surface area contributed by atoms with Crippen molar-refractivity contribution in [1.82, 2.24) is 14.9 Å². The van der Waals surface area contributed by atoms with E-state index in [4.69, 9.17) is 0 Å². The minimum absolute atomic E-state index is 0.401. The van der Waals surface area contributed by atoms with Crippen molar-refractivity contribution in [2.75, 3.05) is 26.0 Å². The number of aromatic nitrogens is 2. The second-order valence-electron chi connectivity index (χ2n) is 5.02. The summed E-state index contributed by atoms with van der Waals surface area (Å²) in [5.74, 6) is 0. The zero-order valence-corrected chi connectivity index (χ0v) is 13.1. The van der Waals surface area contributed by atoms with E-state index in [1.165, 1.54) is 0 Å². The van der Waals surface area contributed by atoms with Crippen molar-refractivity contribution in [3.63, 3.8) is 0 Å². The molecule has 1 N–H and O–H groups in total. The highest BCUT2D eigenvalue weighted by atomic mass is 79.9. The molecule has 1 atom stereocenters. The summed E-state index contributed by atoms with van der Waals surface area (Å²) in [7, 11) is 4.18. The van der Waals surface area contributed by atoms with E-state index in [0.717, 1.165) is 34.2 Å². The molecule has 2 aromatic heterocycles. The Morgan fingerprint density at radius 3 is 2.89 bits per heavy atom. The molecule has 1 unspecified atom stereocenters. The van der Waals surface area contributed by atoms with Crippen molar-refractivity contribution in [2.45, 2.75) is 19.4 Å². The summed E-state index contributed by atoms with van der Waals surface area (Å²) >= 11 is 3.42. The Balaban J connectivity index is 2.16. The number of fused-ring (bicyclic) bond motifs is 1. The Kier molecular flexibility index (Phi) is 4.71. The molecule has 0 bridgehead atoms. The van der Waals surface area contributed by atoms with Crippen LogP contribution in [0.15, 0.2) is 29.0 Å². The Morgan fingerprint density at radius 2 is 2.16 bits per heavy atom. The summed E-state index contributed by atoms with van der Waals surface area (Å²) < 4.78 is 0.949. The third-order valence-electron chi connectivity index (χ3n) is 2.96. The van der Waals surface area contributed by atoms with Gasteiger partial charge in [0.2, 0.25) is 0 Å². The van der Waals surface area contributed by atoms with Crippen LogP contribution in [-0.4, -0.2) is 41.5 Å². The number of hydrogen-bond acceptors (Lipinski definition) is 4. The predicted octanol–water partition coefficient (Wildman–Crippen LogP) is 3.14. The van der Waals surface area contributed by atoms with E-state index in [9.17, 15) is 0 Å². The summed E-state index contributed by atoms with van der Waals surface area (Å²) in [6, 6.07) is 4.37. The Labute approximate surface area is 122 Å².